The van der Waals surface area contributed by atoms with Gasteiger partial charge in [0.25, 0.3) is 0 Å². The second-order valence-corrected chi connectivity index (χ2v) is 7.73. The largest absolute Gasteiger partial charge is 0.438 e. The van der Waals surface area contributed by atoms with E-state index in [4.69, 9.17) is 4.74 Å². The Kier molecular flexibility index (Phi) is 4.45. The van der Waals surface area contributed by atoms with Gasteiger partial charge >= 0.3 is 6.09 Å². The van der Waals surface area contributed by atoms with Crippen LogP contribution in [0.3, 0.4) is 0 Å². The number of benzene rings is 2. The van der Waals surface area contributed by atoms with Crippen LogP contribution in [0.15, 0.2) is 48.5 Å². The van der Waals surface area contributed by atoms with E-state index in [1.807, 2.05) is 18.2 Å². The molecule has 1 spiro atoms. The molecule has 0 aromatic heterocycles. The number of nitrogens with one attached hydrogen (secondary N) is 1. The normalized spacial score (nSPS) is 19.1. The number of rotatable bonds is 3. The predicted octanol–water partition coefficient (Wildman–Crippen LogP) is 4.86. The van der Waals surface area contributed by atoms with Gasteiger partial charge in [0.15, 0.2) is 0 Å². The Balaban J connectivity index is 1.45. The number of carbonyl (C=O) groups excluding carboxylic acids is 1. The third-order valence-electron chi connectivity index (χ3n) is 5.66. The number of para-hydroxylation sites is 1. The van der Waals surface area contributed by atoms with E-state index in [-0.39, 0.29) is 6.09 Å². The number of hydrogen-bond donors (Lipinski definition) is 1. The molecule has 2 aromatic rings. The van der Waals surface area contributed by atoms with E-state index in [1.54, 1.807) is 0 Å². The zero-order valence-electron chi connectivity index (χ0n) is 15.5. The minimum Gasteiger partial charge on any atom is -0.438 e. The summed E-state index contributed by atoms with van der Waals surface area (Å²) in [5, 5.41) is 2.82. The van der Waals surface area contributed by atoms with Crippen LogP contribution in [0.4, 0.5) is 10.5 Å². The molecule has 0 aliphatic carbocycles. The smallest absolute Gasteiger partial charge is 0.412 e. The number of ether oxygens (including phenoxy) is 1. The molecule has 0 bridgehead atoms. The van der Waals surface area contributed by atoms with Crippen LogP contribution in [-0.4, -0.2) is 24.1 Å². The standard InChI is InChI=1S/C22H26N2O2/c1-16(2)18-9-7-17(8-10-18)15-24-13-11-22(12-14-24)19-5-3-4-6-20(19)23-21(25)26-22/h3-10,16H,11-15H2,1-2H3,(H,23,25). The Labute approximate surface area is 155 Å². The zero-order valence-corrected chi connectivity index (χ0v) is 15.5. The van der Waals surface area contributed by atoms with Crippen LogP contribution in [-0.2, 0) is 16.9 Å². The van der Waals surface area contributed by atoms with Crippen LogP contribution in [0.2, 0.25) is 0 Å². The molecule has 0 atom stereocenters. The molecule has 1 amide bonds. The maximum atomic E-state index is 12.0. The summed E-state index contributed by atoms with van der Waals surface area (Å²) in [6.45, 7) is 7.23. The van der Waals surface area contributed by atoms with E-state index in [9.17, 15) is 4.79 Å². The number of anilines is 1. The quantitative estimate of drug-likeness (QED) is 0.859. The van der Waals surface area contributed by atoms with Crippen molar-refractivity contribution in [1.29, 1.82) is 0 Å². The first-order valence-corrected chi connectivity index (χ1v) is 9.46. The summed E-state index contributed by atoms with van der Waals surface area (Å²) in [6.07, 6.45) is 1.34. The highest BCUT2D eigenvalue weighted by Gasteiger charge is 2.44. The van der Waals surface area contributed by atoms with Crippen molar-refractivity contribution in [2.24, 2.45) is 0 Å². The molecule has 4 nitrogen and oxygen atoms in total. The number of nitrogens with zero attached hydrogens (tertiary/aromatic N) is 1. The van der Waals surface area contributed by atoms with Gasteiger partial charge in [-0.05, 0) is 23.1 Å². The molecule has 0 unspecified atom stereocenters. The van der Waals surface area contributed by atoms with Crippen molar-refractivity contribution in [3.05, 3.63) is 65.2 Å². The van der Waals surface area contributed by atoms with Gasteiger partial charge in [-0.2, -0.15) is 0 Å². The van der Waals surface area contributed by atoms with Crippen molar-refractivity contribution in [3.63, 3.8) is 0 Å². The molecule has 2 aliphatic rings. The molecule has 4 rings (SSSR count). The van der Waals surface area contributed by atoms with E-state index in [2.05, 4.69) is 54.4 Å². The summed E-state index contributed by atoms with van der Waals surface area (Å²) < 4.78 is 5.81. The topological polar surface area (TPSA) is 41.6 Å². The van der Waals surface area contributed by atoms with Crippen molar-refractivity contribution >= 4 is 11.8 Å². The third-order valence-corrected chi connectivity index (χ3v) is 5.66. The highest BCUT2D eigenvalue weighted by molar-refractivity contribution is 5.88. The molecular formula is C22H26N2O2. The Morgan fingerprint density at radius 3 is 2.46 bits per heavy atom. The van der Waals surface area contributed by atoms with Gasteiger partial charge in [0.2, 0.25) is 0 Å². The monoisotopic (exact) mass is 350 g/mol. The summed E-state index contributed by atoms with van der Waals surface area (Å²) in [4.78, 5) is 14.5. The van der Waals surface area contributed by atoms with Gasteiger partial charge in [-0.1, -0.05) is 56.3 Å². The number of carbonyl (C=O) groups is 1. The number of hydrogen-bond acceptors (Lipinski definition) is 3. The maximum absolute atomic E-state index is 12.0. The van der Waals surface area contributed by atoms with Gasteiger partial charge in [0, 0.05) is 38.0 Å². The average Bonchev–Trinajstić information content (AvgIpc) is 2.64. The van der Waals surface area contributed by atoms with E-state index in [0.29, 0.717) is 5.92 Å². The van der Waals surface area contributed by atoms with Crippen molar-refractivity contribution in [1.82, 2.24) is 4.90 Å². The Morgan fingerprint density at radius 1 is 1.08 bits per heavy atom. The molecular weight excluding hydrogens is 324 g/mol. The first-order valence-electron chi connectivity index (χ1n) is 9.46. The van der Waals surface area contributed by atoms with Gasteiger partial charge < -0.3 is 4.74 Å². The van der Waals surface area contributed by atoms with Crippen LogP contribution >= 0.6 is 0 Å². The summed E-state index contributed by atoms with van der Waals surface area (Å²) >= 11 is 0. The fourth-order valence-electron chi connectivity index (χ4n) is 4.07. The van der Waals surface area contributed by atoms with Gasteiger partial charge in [-0.25, -0.2) is 4.79 Å². The fraction of sp³-hybridized carbons (Fsp3) is 0.409. The highest BCUT2D eigenvalue weighted by atomic mass is 16.6. The van der Waals surface area contributed by atoms with Gasteiger partial charge in [0.05, 0.1) is 5.69 Å². The van der Waals surface area contributed by atoms with Crippen LogP contribution in [0.5, 0.6) is 0 Å². The minimum absolute atomic E-state index is 0.332. The van der Waals surface area contributed by atoms with E-state index >= 15 is 0 Å². The van der Waals surface area contributed by atoms with Crippen molar-refractivity contribution in [2.45, 2.75) is 44.8 Å². The maximum Gasteiger partial charge on any atom is 0.412 e. The second kappa shape index (κ2) is 6.76. The average molecular weight is 350 g/mol. The van der Waals surface area contributed by atoms with Crippen LogP contribution in [0.1, 0.15) is 49.3 Å². The van der Waals surface area contributed by atoms with Crippen molar-refractivity contribution < 1.29 is 9.53 Å². The van der Waals surface area contributed by atoms with Crippen molar-refractivity contribution in [3.8, 4) is 0 Å². The zero-order chi connectivity index (χ0) is 18.1. The number of fused-ring (bicyclic) bond motifs is 2. The fourth-order valence-corrected chi connectivity index (χ4v) is 4.07. The molecule has 0 radical (unpaired) electrons. The Hall–Kier alpha value is -2.33. The Bertz CT molecular complexity index is 790. The first kappa shape index (κ1) is 17.1. The van der Waals surface area contributed by atoms with Gasteiger partial charge in [-0.15, -0.1) is 0 Å². The van der Waals surface area contributed by atoms with Crippen LogP contribution in [0, 0.1) is 0 Å². The molecule has 136 valence electrons. The molecule has 2 aromatic carbocycles. The van der Waals surface area contributed by atoms with Gasteiger partial charge in [-0.3, -0.25) is 10.2 Å². The molecule has 2 aliphatic heterocycles. The van der Waals surface area contributed by atoms with E-state index in [0.717, 1.165) is 43.7 Å². The van der Waals surface area contributed by atoms with E-state index in [1.165, 1.54) is 11.1 Å². The molecule has 0 saturated carbocycles. The highest BCUT2D eigenvalue weighted by Crippen LogP contribution is 2.43. The lowest BCUT2D eigenvalue weighted by atomic mass is 9.82. The van der Waals surface area contributed by atoms with Crippen molar-refractivity contribution in [2.75, 3.05) is 18.4 Å². The number of piperidine rings is 1. The van der Waals surface area contributed by atoms with Crippen LogP contribution < -0.4 is 5.32 Å². The lowest BCUT2D eigenvalue weighted by Crippen LogP contribution is -2.48. The number of likely N-dealkylation sites (tertiary alicyclic amines) is 1. The molecule has 1 fully saturated rings. The lowest BCUT2D eigenvalue weighted by molar-refractivity contribution is -0.0393. The predicted molar refractivity (Wildman–Crippen MR) is 103 cm³/mol. The second-order valence-electron chi connectivity index (χ2n) is 7.73. The minimum atomic E-state index is -0.475. The molecule has 2 heterocycles. The van der Waals surface area contributed by atoms with Gasteiger partial charge in [0.1, 0.15) is 5.60 Å². The first-order chi connectivity index (χ1) is 12.6. The Morgan fingerprint density at radius 2 is 1.77 bits per heavy atom. The summed E-state index contributed by atoms with van der Waals surface area (Å²) in [5.74, 6) is 0.563. The molecule has 1 N–H and O–H groups in total. The summed E-state index contributed by atoms with van der Waals surface area (Å²) in [5.41, 5.74) is 4.25. The van der Waals surface area contributed by atoms with Crippen LogP contribution in [0.25, 0.3) is 0 Å². The number of amides is 1. The van der Waals surface area contributed by atoms with E-state index < -0.39 is 5.60 Å². The lowest BCUT2D eigenvalue weighted by Gasteiger charge is -2.44. The SMILES string of the molecule is CC(C)c1ccc(CN2CCC3(CC2)OC(=O)Nc2ccccc23)cc1. The third kappa shape index (κ3) is 3.21. The summed E-state index contributed by atoms with van der Waals surface area (Å²) in [7, 11) is 0. The molecule has 1 saturated heterocycles. The molecule has 26 heavy (non-hydrogen) atoms. The summed E-state index contributed by atoms with van der Waals surface area (Å²) in [6, 6.07) is 16.9. The molecule has 4 heteroatoms.